The van der Waals surface area contributed by atoms with E-state index >= 15 is 4.39 Å². The highest BCUT2D eigenvalue weighted by atomic mass is 35.5. The molecule has 0 bridgehead atoms. The first-order chi connectivity index (χ1) is 23.6. The average Bonchev–Trinajstić information content (AvgIpc) is 3.41. The normalized spacial score (nSPS) is 19.0. The van der Waals surface area contributed by atoms with Gasteiger partial charge in [-0.2, -0.15) is 0 Å². The second kappa shape index (κ2) is 11.9. The van der Waals surface area contributed by atoms with Gasteiger partial charge in [-0.05, 0) is 87.4 Å². The number of carbonyl (C=O) groups is 3. The maximum Gasteiger partial charge on any atom is 0.412 e. The lowest BCUT2D eigenvalue weighted by molar-refractivity contribution is -0.172. The van der Waals surface area contributed by atoms with E-state index < -0.39 is 40.7 Å². The van der Waals surface area contributed by atoms with Crippen molar-refractivity contribution >= 4 is 46.2 Å². The molecule has 0 unspecified atom stereocenters. The molecule has 2 amide bonds. The van der Waals surface area contributed by atoms with Gasteiger partial charge < -0.3 is 24.5 Å². The van der Waals surface area contributed by atoms with E-state index in [2.05, 4.69) is 10.6 Å². The number of benzene rings is 2. The second-order valence-electron chi connectivity index (χ2n) is 14.1. The molecule has 0 spiro atoms. The van der Waals surface area contributed by atoms with Crippen LogP contribution >= 0.6 is 11.6 Å². The molecule has 2 aliphatic heterocycles. The lowest BCUT2D eigenvalue weighted by Crippen LogP contribution is -2.44. The average molecular weight is 703 g/mol. The number of amides is 2. The van der Waals surface area contributed by atoms with Crippen molar-refractivity contribution in [2.75, 3.05) is 5.32 Å². The summed E-state index contributed by atoms with van der Waals surface area (Å²) in [6.45, 7) is 8.50. The molecule has 4 heterocycles. The third-order valence-corrected chi connectivity index (χ3v) is 10.1. The zero-order valence-corrected chi connectivity index (χ0v) is 29.0. The fourth-order valence-electron chi connectivity index (χ4n) is 7.31. The number of esters is 1. The SMILES string of the molecule is CC[C@@]1(O)C(=O)OCc2c1cc1n(c2=O)Cc2c-1nc1cc(F)c(C)c3c1c2[C@@H](NC(=O)Cc1ccc(NC(=O)OC(C)(C)C)cc1Cl)CC3. The van der Waals surface area contributed by atoms with Crippen LogP contribution in [-0.2, 0) is 50.7 Å². The van der Waals surface area contributed by atoms with E-state index in [0.29, 0.717) is 52.1 Å². The van der Waals surface area contributed by atoms with Crippen molar-refractivity contribution in [1.29, 1.82) is 0 Å². The van der Waals surface area contributed by atoms with Gasteiger partial charge in [0.1, 0.15) is 18.0 Å². The molecule has 0 radical (unpaired) electrons. The molecule has 4 aromatic rings. The van der Waals surface area contributed by atoms with Crippen molar-refractivity contribution in [2.24, 2.45) is 0 Å². The molecule has 2 aromatic heterocycles. The fraction of sp³-hybridized carbons (Fsp3) is 0.378. The van der Waals surface area contributed by atoms with E-state index in [1.165, 1.54) is 10.6 Å². The summed E-state index contributed by atoms with van der Waals surface area (Å²) in [6.07, 6.45) is 0.286. The standard InChI is InChI=1S/C37H36ClFN4O7/c1-6-37(48)23-13-28-32-21(15-43(28)33(45)22(23)16-49-34(37)46)31-26(10-9-20-17(2)25(39)14-27(42-32)30(20)31)41-29(44)11-18-7-8-19(12-24(18)38)40-35(47)50-36(3,4)5/h7-8,12-14,26,48H,6,9-11,15-16H2,1-5H3,(H,40,47)(H,41,44)/t26-,37-/m0/s1. The largest absolute Gasteiger partial charge is 0.458 e. The number of pyridine rings is 2. The van der Waals surface area contributed by atoms with Crippen LogP contribution in [0.5, 0.6) is 0 Å². The van der Waals surface area contributed by atoms with E-state index in [0.717, 1.165) is 16.5 Å². The Bertz CT molecular complexity index is 2230. The molecule has 2 aromatic carbocycles. The Morgan fingerprint density at radius 3 is 2.64 bits per heavy atom. The number of hydrogen-bond acceptors (Lipinski definition) is 8. The van der Waals surface area contributed by atoms with E-state index in [1.807, 2.05) is 0 Å². The minimum absolute atomic E-state index is 0.0000665. The maximum atomic E-state index is 15.2. The molecule has 7 rings (SSSR count). The minimum atomic E-state index is -1.99. The summed E-state index contributed by atoms with van der Waals surface area (Å²) in [5.41, 5.74) is 2.23. The highest BCUT2D eigenvalue weighted by molar-refractivity contribution is 6.31. The predicted molar refractivity (Wildman–Crippen MR) is 183 cm³/mol. The number of nitrogens with zero attached hydrogens (tertiary/aromatic N) is 2. The van der Waals surface area contributed by atoms with E-state index in [9.17, 15) is 24.3 Å². The van der Waals surface area contributed by atoms with Crippen LogP contribution in [0.1, 0.15) is 85.5 Å². The summed E-state index contributed by atoms with van der Waals surface area (Å²) in [7, 11) is 0. The zero-order valence-electron chi connectivity index (χ0n) is 28.3. The number of aryl methyl sites for hydroxylation is 1. The van der Waals surface area contributed by atoms with Gasteiger partial charge in [0.2, 0.25) is 5.91 Å². The Labute approximate surface area is 291 Å². The number of aliphatic hydroxyl groups is 1. The molecule has 13 heteroatoms. The number of nitrogens with one attached hydrogen (secondary N) is 2. The van der Waals surface area contributed by atoms with E-state index in [4.69, 9.17) is 26.1 Å². The number of rotatable bonds is 5. The van der Waals surface area contributed by atoms with Gasteiger partial charge in [-0.1, -0.05) is 24.6 Å². The molecule has 0 fully saturated rings. The summed E-state index contributed by atoms with van der Waals surface area (Å²) < 4.78 is 27.3. The molecule has 1 aliphatic carbocycles. The zero-order chi connectivity index (χ0) is 35.9. The minimum Gasteiger partial charge on any atom is -0.458 e. The Kier molecular flexibility index (Phi) is 8.02. The van der Waals surface area contributed by atoms with Gasteiger partial charge in [-0.15, -0.1) is 0 Å². The first-order valence-electron chi connectivity index (χ1n) is 16.5. The number of anilines is 1. The van der Waals surface area contributed by atoms with Crippen molar-refractivity contribution in [1.82, 2.24) is 14.9 Å². The molecule has 0 saturated heterocycles. The smallest absolute Gasteiger partial charge is 0.412 e. The van der Waals surface area contributed by atoms with Crippen LogP contribution in [0.3, 0.4) is 0 Å². The number of ether oxygens (including phenoxy) is 2. The topological polar surface area (TPSA) is 149 Å². The van der Waals surface area contributed by atoms with Gasteiger partial charge in [0.05, 0.1) is 41.5 Å². The maximum absolute atomic E-state index is 15.2. The van der Waals surface area contributed by atoms with Crippen molar-refractivity contribution < 1.29 is 33.4 Å². The second-order valence-corrected chi connectivity index (χ2v) is 14.5. The Balaban J connectivity index is 1.25. The molecular formula is C37H36ClFN4O7. The molecule has 2 atom stereocenters. The van der Waals surface area contributed by atoms with Crippen molar-refractivity contribution in [3.8, 4) is 11.4 Å². The summed E-state index contributed by atoms with van der Waals surface area (Å²) in [6, 6.07) is 7.34. The highest BCUT2D eigenvalue weighted by Crippen LogP contribution is 2.46. The van der Waals surface area contributed by atoms with Crippen LogP contribution < -0.4 is 16.2 Å². The fourth-order valence-corrected chi connectivity index (χ4v) is 7.55. The van der Waals surface area contributed by atoms with E-state index in [-0.39, 0.29) is 48.0 Å². The number of carbonyl (C=O) groups excluding carboxylic acids is 3. The lowest BCUT2D eigenvalue weighted by Gasteiger charge is -2.31. The predicted octanol–water partition coefficient (Wildman–Crippen LogP) is 5.87. The van der Waals surface area contributed by atoms with Crippen molar-refractivity contribution in [3.63, 3.8) is 0 Å². The van der Waals surface area contributed by atoms with Gasteiger partial charge in [0.15, 0.2) is 5.60 Å². The summed E-state index contributed by atoms with van der Waals surface area (Å²) in [4.78, 5) is 57.2. The number of halogens is 2. The molecule has 260 valence electrons. The molecule has 3 N–H and O–H groups in total. The molecule has 3 aliphatic rings. The molecule has 50 heavy (non-hydrogen) atoms. The van der Waals surface area contributed by atoms with Gasteiger partial charge in [0.25, 0.3) is 5.56 Å². The van der Waals surface area contributed by atoms with Gasteiger partial charge >= 0.3 is 12.1 Å². The van der Waals surface area contributed by atoms with Crippen LogP contribution in [0.15, 0.2) is 35.1 Å². The number of cyclic esters (lactones) is 1. The van der Waals surface area contributed by atoms with Gasteiger partial charge in [0, 0.05) is 33.3 Å². The van der Waals surface area contributed by atoms with E-state index in [1.54, 1.807) is 58.9 Å². The first kappa shape index (κ1) is 33.7. The third kappa shape index (κ3) is 5.50. The summed E-state index contributed by atoms with van der Waals surface area (Å²) >= 11 is 6.54. The van der Waals surface area contributed by atoms with Gasteiger partial charge in [-0.3, -0.25) is 14.9 Å². The first-order valence-corrected chi connectivity index (χ1v) is 16.9. The number of fused-ring (bicyclic) bond motifs is 5. The quantitative estimate of drug-likeness (QED) is 0.193. The third-order valence-electron chi connectivity index (χ3n) is 9.76. The molecular weight excluding hydrogens is 667 g/mol. The van der Waals surface area contributed by atoms with Gasteiger partial charge in [-0.25, -0.2) is 19.0 Å². The highest BCUT2D eigenvalue weighted by Gasteiger charge is 2.46. The number of aromatic nitrogens is 2. The lowest BCUT2D eigenvalue weighted by atomic mass is 9.81. The Morgan fingerprint density at radius 1 is 1.18 bits per heavy atom. The van der Waals surface area contributed by atoms with Crippen LogP contribution in [0.2, 0.25) is 5.02 Å². The Morgan fingerprint density at radius 2 is 1.94 bits per heavy atom. The summed E-state index contributed by atoms with van der Waals surface area (Å²) in [5, 5.41) is 18.1. The van der Waals surface area contributed by atoms with Crippen molar-refractivity contribution in [3.05, 3.63) is 90.5 Å². The monoisotopic (exact) mass is 702 g/mol. The van der Waals surface area contributed by atoms with Crippen LogP contribution in [0.4, 0.5) is 14.9 Å². The number of hydrogen-bond donors (Lipinski definition) is 3. The Hall–Kier alpha value is -4.81. The summed E-state index contributed by atoms with van der Waals surface area (Å²) in [5.74, 6) is -1.54. The van der Waals surface area contributed by atoms with Crippen LogP contribution in [0, 0.1) is 12.7 Å². The van der Waals surface area contributed by atoms with Crippen molar-refractivity contribution in [2.45, 2.75) is 90.7 Å². The van der Waals surface area contributed by atoms with Crippen LogP contribution in [-0.4, -0.2) is 38.2 Å². The molecule has 0 saturated carbocycles. The molecule has 11 nitrogen and oxygen atoms in total. The van der Waals surface area contributed by atoms with Crippen LogP contribution in [0.25, 0.3) is 22.3 Å².